The number of rotatable bonds is 1. The third kappa shape index (κ3) is 2.07. The minimum Gasteiger partial charge on any atom is -0.390 e. The van der Waals surface area contributed by atoms with Gasteiger partial charge in [0.15, 0.2) is 0 Å². The molecule has 98 valence electrons. The molecular weight excluding hydrogens is 208 g/mol. The van der Waals surface area contributed by atoms with Crippen LogP contribution in [0.5, 0.6) is 0 Å². The van der Waals surface area contributed by atoms with Gasteiger partial charge in [-0.25, -0.2) is 0 Å². The van der Waals surface area contributed by atoms with Crippen LogP contribution in [0.1, 0.15) is 73.1 Å². The fraction of sp³-hybridized carbons (Fsp3) is 0.875. The van der Waals surface area contributed by atoms with E-state index in [9.17, 15) is 5.11 Å². The zero-order valence-electron chi connectivity index (χ0n) is 12.2. The van der Waals surface area contributed by atoms with E-state index in [2.05, 4.69) is 20.8 Å². The van der Waals surface area contributed by atoms with Gasteiger partial charge in [0.05, 0.1) is 5.60 Å². The summed E-state index contributed by atoms with van der Waals surface area (Å²) in [6, 6.07) is 0. The molecule has 0 heterocycles. The molecule has 0 radical (unpaired) electrons. The van der Waals surface area contributed by atoms with Crippen molar-refractivity contribution in [2.24, 2.45) is 10.8 Å². The van der Waals surface area contributed by atoms with Crippen molar-refractivity contribution < 1.29 is 5.11 Å². The summed E-state index contributed by atoms with van der Waals surface area (Å²) in [5.41, 5.74) is 3.20. The van der Waals surface area contributed by atoms with Gasteiger partial charge in [0, 0.05) is 0 Å². The van der Waals surface area contributed by atoms with Crippen LogP contribution in [-0.4, -0.2) is 10.7 Å². The van der Waals surface area contributed by atoms with E-state index in [0.29, 0.717) is 5.41 Å². The molecule has 1 nitrogen and oxygen atoms in total. The maximum absolute atomic E-state index is 10.4. The summed E-state index contributed by atoms with van der Waals surface area (Å²) < 4.78 is 0. The van der Waals surface area contributed by atoms with Crippen molar-refractivity contribution in [3.05, 3.63) is 11.1 Å². The number of hydrogen-bond donors (Lipinski definition) is 1. The Balaban J connectivity index is 2.35. The Morgan fingerprint density at radius 2 is 1.76 bits per heavy atom. The third-order valence-corrected chi connectivity index (χ3v) is 5.80. The normalized spacial score (nSPS) is 39.2. The van der Waals surface area contributed by atoms with E-state index >= 15 is 0 Å². The minimum atomic E-state index is -0.570. The van der Waals surface area contributed by atoms with Crippen LogP contribution in [0.25, 0.3) is 0 Å². The first-order chi connectivity index (χ1) is 7.68. The molecule has 1 saturated carbocycles. The van der Waals surface area contributed by atoms with E-state index < -0.39 is 5.60 Å². The molecular formula is C16H28O. The van der Waals surface area contributed by atoms with Crippen molar-refractivity contribution in [2.45, 2.75) is 78.7 Å². The van der Waals surface area contributed by atoms with Crippen molar-refractivity contribution >= 4 is 0 Å². The number of allylic oxidation sites excluding steroid dienone is 2. The monoisotopic (exact) mass is 236 g/mol. The summed E-state index contributed by atoms with van der Waals surface area (Å²) in [5, 5.41) is 10.4. The van der Waals surface area contributed by atoms with Crippen molar-refractivity contribution in [2.75, 3.05) is 0 Å². The quantitative estimate of drug-likeness (QED) is 0.667. The molecule has 2 aliphatic carbocycles. The van der Waals surface area contributed by atoms with E-state index in [-0.39, 0.29) is 5.41 Å². The zero-order valence-corrected chi connectivity index (χ0v) is 12.2. The average molecular weight is 236 g/mol. The molecule has 2 rings (SSSR count). The van der Waals surface area contributed by atoms with Crippen LogP contribution in [0.4, 0.5) is 0 Å². The van der Waals surface area contributed by atoms with Gasteiger partial charge in [-0.2, -0.15) is 0 Å². The van der Waals surface area contributed by atoms with Crippen LogP contribution >= 0.6 is 0 Å². The predicted molar refractivity (Wildman–Crippen MR) is 72.9 cm³/mol. The lowest BCUT2D eigenvalue weighted by Crippen LogP contribution is -2.47. The van der Waals surface area contributed by atoms with E-state index in [1.165, 1.54) is 25.7 Å². The molecule has 2 aliphatic rings. The van der Waals surface area contributed by atoms with Crippen LogP contribution in [0.3, 0.4) is 0 Å². The molecule has 0 aromatic carbocycles. The van der Waals surface area contributed by atoms with Gasteiger partial charge >= 0.3 is 0 Å². The lowest BCUT2D eigenvalue weighted by atomic mass is 9.54. The summed E-state index contributed by atoms with van der Waals surface area (Å²) in [5.74, 6) is 0. The van der Waals surface area contributed by atoms with Gasteiger partial charge in [0.25, 0.3) is 0 Å². The highest BCUT2D eigenvalue weighted by Crippen LogP contribution is 2.57. The second-order valence-corrected chi connectivity index (χ2v) is 7.47. The van der Waals surface area contributed by atoms with Crippen molar-refractivity contribution in [3.63, 3.8) is 0 Å². The first-order valence-corrected chi connectivity index (χ1v) is 7.09. The fourth-order valence-electron chi connectivity index (χ4n) is 3.75. The topological polar surface area (TPSA) is 20.2 Å². The highest BCUT2D eigenvalue weighted by Gasteiger charge is 2.48. The van der Waals surface area contributed by atoms with Crippen LogP contribution < -0.4 is 0 Å². The standard InChI is InChI=1S/C16H28O/c1-12-7-6-8-15(4)9-10-16(5,11-13(12)15)14(2,3)17/h17H,6-11H2,1-5H3/t15-,16+/m0/s1. The Morgan fingerprint density at radius 3 is 2.35 bits per heavy atom. The Bertz CT molecular complexity index is 347. The zero-order chi connectivity index (χ0) is 12.9. The summed E-state index contributed by atoms with van der Waals surface area (Å²) in [6.45, 7) is 11.0. The number of hydrogen-bond acceptors (Lipinski definition) is 1. The van der Waals surface area contributed by atoms with Gasteiger partial charge in [-0.15, -0.1) is 0 Å². The van der Waals surface area contributed by atoms with Crippen LogP contribution in [-0.2, 0) is 0 Å². The second-order valence-electron chi connectivity index (χ2n) is 7.47. The molecule has 0 aromatic rings. The molecule has 17 heavy (non-hydrogen) atoms. The maximum Gasteiger partial charge on any atom is 0.0648 e. The molecule has 1 heteroatoms. The SMILES string of the molecule is CC1=C2C[C@](C)(C(C)(C)O)CC[C@]2(C)CCC1. The van der Waals surface area contributed by atoms with Crippen LogP contribution in [0.15, 0.2) is 11.1 Å². The van der Waals surface area contributed by atoms with Gasteiger partial charge < -0.3 is 5.11 Å². The number of fused-ring (bicyclic) bond motifs is 1. The van der Waals surface area contributed by atoms with Crippen molar-refractivity contribution in [1.82, 2.24) is 0 Å². The fourth-order valence-corrected chi connectivity index (χ4v) is 3.75. The summed E-state index contributed by atoms with van der Waals surface area (Å²) >= 11 is 0. The Kier molecular flexibility index (Phi) is 2.97. The Hall–Kier alpha value is -0.300. The van der Waals surface area contributed by atoms with E-state index in [4.69, 9.17) is 0 Å². The molecule has 1 N–H and O–H groups in total. The first-order valence-electron chi connectivity index (χ1n) is 7.09. The van der Waals surface area contributed by atoms with E-state index in [0.717, 1.165) is 12.8 Å². The summed E-state index contributed by atoms with van der Waals surface area (Å²) in [4.78, 5) is 0. The highest BCUT2D eigenvalue weighted by molar-refractivity contribution is 5.28. The lowest BCUT2D eigenvalue weighted by molar-refractivity contribution is -0.0691. The maximum atomic E-state index is 10.4. The van der Waals surface area contributed by atoms with Crippen molar-refractivity contribution in [3.8, 4) is 0 Å². The van der Waals surface area contributed by atoms with Gasteiger partial charge in [0.2, 0.25) is 0 Å². The van der Waals surface area contributed by atoms with Gasteiger partial charge in [-0.1, -0.05) is 25.0 Å². The lowest BCUT2D eigenvalue weighted by Gasteiger charge is -2.52. The van der Waals surface area contributed by atoms with Crippen molar-refractivity contribution in [1.29, 1.82) is 0 Å². The predicted octanol–water partition coefficient (Wildman–Crippen LogP) is 4.45. The summed E-state index contributed by atoms with van der Waals surface area (Å²) in [6.07, 6.45) is 7.47. The molecule has 0 spiro atoms. The van der Waals surface area contributed by atoms with E-state index in [1.54, 1.807) is 11.1 Å². The molecule has 1 fully saturated rings. The number of aliphatic hydroxyl groups is 1. The van der Waals surface area contributed by atoms with Gasteiger partial charge in [-0.3, -0.25) is 0 Å². The molecule has 2 atom stereocenters. The Labute approximate surface area is 106 Å². The molecule has 0 aromatic heterocycles. The molecule has 0 amide bonds. The average Bonchev–Trinajstić information content (AvgIpc) is 2.19. The largest absolute Gasteiger partial charge is 0.390 e. The molecule has 0 bridgehead atoms. The first kappa shape index (κ1) is 13.1. The molecule has 0 aliphatic heterocycles. The Morgan fingerprint density at radius 1 is 1.12 bits per heavy atom. The molecule has 0 unspecified atom stereocenters. The van der Waals surface area contributed by atoms with Gasteiger partial charge in [-0.05, 0) is 70.1 Å². The highest BCUT2D eigenvalue weighted by atomic mass is 16.3. The van der Waals surface area contributed by atoms with E-state index in [1.807, 2.05) is 13.8 Å². The second kappa shape index (κ2) is 3.85. The van der Waals surface area contributed by atoms with Gasteiger partial charge in [0.1, 0.15) is 0 Å². The minimum absolute atomic E-state index is 0.0560. The van der Waals surface area contributed by atoms with Crippen LogP contribution in [0, 0.1) is 10.8 Å². The van der Waals surface area contributed by atoms with Crippen LogP contribution in [0.2, 0.25) is 0 Å². The summed E-state index contributed by atoms with van der Waals surface area (Å²) in [7, 11) is 0. The molecule has 0 saturated heterocycles. The third-order valence-electron chi connectivity index (χ3n) is 5.80. The smallest absolute Gasteiger partial charge is 0.0648 e.